The number of aryl methyl sites for hydroxylation is 1. The molecule has 0 radical (unpaired) electrons. The van der Waals surface area contributed by atoms with Crippen LogP contribution in [0, 0.1) is 0 Å². The van der Waals surface area contributed by atoms with Crippen molar-refractivity contribution in [3.8, 4) is 11.5 Å². The van der Waals surface area contributed by atoms with E-state index >= 15 is 0 Å². The zero-order valence-electron chi connectivity index (χ0n) is 8.55. The van der Waals surface area contributed by atoms with Crippen LogP contribution in [0.1, 0.15) is 12.5 Å². The number of benzene rings is 1. The van der Waals surface area contributed by atoms with Crippen molar-refractivity contribution in [1.29, 1.82) is 0 Å². The lowest BCUT2D eigenvalue weighted by Gasteiger charge is -2.10. The second kappa shape index (κ2) is 5.76. The quantitative estimate of drug-likeness (QED) is 0.702. The van der Waals surface area contributed by atoms with Crippen LogP contribution < -0.4 is 9.47 Å². The van der Waals surface area contributed by atoms with Gasteiger partial charge < -0.3 is 9.47 Å². The number of methoxy groups -OCH3 is 1. The van der Waals surface area contributed by atoms with Gasteiger partial charge in [-0.3, -0.25) is 0 Å². The molecule has 2 nitrogen and oxygen atoms in total. The number of alkyl halides is 1. The van der Waals surface area contributed by atoms with E-state index < -0.39 is 0 Å². The molecule has 0 atom stereocenters. The summed E-state index contributed by atoms with van der Waals surface area (Å²) in [4.78, 5) is 0. The van der Waals surface area contributed by atoms with Gasteiger partial charge in [-0.15, -0.1) is 11.6 Å². The third-order valence-electron chi connectivity index (χ3n) is 1.91. The zero-order valence-corrected chi connectivity index (χ0v) is 9.30. The Morgan fingerprint density at radius 3 is 2.64 bits per heavy atom. The molecule has 0 aliphatic heterocycles. The highest BCUT2D eigenvalue weighted by atomic mass is 35.5. The van der Waals surface area contributed by atoms with Gasteiger partial charge in [0.1, 0.15) is 0 Å². The number of halogens is 1. The number of rotatable bonds is 5. The largest absolute Gasteiger partial charge is 0.493 e. The summed E-state index contributed by atoms with van der Waals surface area (Å²) in [5.74, 6) is 2.18. The lowest BCUT2D eigenvalue weighted by atomic mass is 10.1. The maximum Gasteiger partial charge on any atom is 0.161 e. The highest BCUT2D eigenvalue weighted by Crippen LogP contribution is 2.28. The molecule has 1 aromatic carbocycles. The van der Waals surface area contributed by atoms with Crippen molar-refractivity contribution in [2.75, 3.05) is 19.6 Å². The predicted molar refractivity (Wildman–Crippen MR) is 58.6 cm³/mol. The van der Waals surface area contributed by atoms with Crippen LogP contribution in [-0.4, -0.2) is 19.6 Å². The summed E-state index contributed by atoms with van der Waals surface area (Å²) in [6.45, 7) is 2.59. The van der Waals surface area contributed by atoms with Gasteiger partial charge in [-0.2, -0.15) is 0 Å². The van der Waals surface area contributed by atoms with E-state index in [0.717, 1.165) is 17.9 Å². The summed E-state index contributed by atoms with van der Waals surface area (Å²) in [6.07, 6.45) is 0.853. The predicted octanol–water partition coefficient (Wildman–Crippen LogP) is 2.88. The molecule has 0 aromatic heterocycles. The molecule has 0 saturated heterocycles. The maximum absolute atomic E-state index is 5.67. The van der Waals surface area contributed by atoms with Gasteiger partial charge in [0.2, 0.25) is 0 Å². The van der Waals surface area contributed by atoms with Crippen LogP contribution in [0.15, 0.2) is 18.2 Å². The summed E-state index contributed by atoms with van der Waals surface area (Å²) in [5, 5.41) is 0. The van der Waals surface area contributed by atoms with E-state index in [4.69, 9.17) is 21.1 Å². The molecule has 0 unspecified atom stereocenters. The summed E-state index contributed by atoms with van der Waals surface area (Å²) < 4.78 is 10.6. The van der Waals surface area contributed by atoms with E-state index in [1.165, 1.54) is 5.56 Å². The van der Waals surface area contributed by atoms with Crippen molar-refractivity contribution < 1.29 is 9.47 Å². The zero-order chi connectivity index (χ0) is 10.4. The first-order valence-corrected chi connectivity index (χ1v) is 5.21. The van der Waals surface area contributed by atoms with E-state index in [2.05, 4.69) is 0 Å². The molecular formula is C11H15ClO2. The van der Waals surface area contributed by atoms with Crippen molar-refractivity contribution in [3.05, 3.63) is 23.8 Å². The summed E-state index contributed by atoms with van der Waals surface area (Å²) >= 11 is 5.67. The van der Waals surface area contributed by atoms with Gasteiger partial charge in [-0.05, 0) is 31.0 Å². The molecule has 1 rings (SSSR count). The van der Waals surface area contributed by atoms with Crippen LogP contribution in [0.2, 0.25) is 0 Å². The summed E-state index contributed by atoms with van der Waals surface area (Å²) in [7, 11) is 1.64. The van der Waals surface area contributed by atoms with E-state index in [1.807, 2.05) is 25.1 Å². The Morgan fingerprint density at radius 2 is 2.07 bits per heavy atom. The summed E-state index contributed by atoms with van der Waals surface area (Å²) in [6, 6.07) is 5.89. The molecule has 0 saturated carbocycles. The smallest absolute Gasteiger partial charge is 0.161 e. The molecule has 0 spiro atoms. The third-order valence-corrected chi connectivity index (χ3v) is 2.10. The minimum absolute atomic E-state index is 0.623. The normalized spacial score (nSPS) is 9.93. The molecule has 3 heteroatoms. The van der Waals surface area contributed by atoms with Crippen LogP contribution in [-0.2, 0) is 6.42 Å². The van der Waals surface area contributed by atoms with Gasteiger partial charge >= 0.3 is 0 Å². The molecule has 0 aliphatic rings. The molecule has 0 aliphatic carbocycles. The molecule has 0 fully saturated rings. The van der Waals surface area contributed by atoms with E-state index in [0.29, 0.717) is 12.5 Å². The van der Waals surface area contributed by atoms with Crippen molar-refractivity contribution in [2.45, 2.75) is 13.3 Å². The van der Waals surface area contributed by atoms with Crippen LogP contribution >= 0.6 is 11.6 Å². The van der Waals surface area contributed by atoms with Crippen LogP contribution in [0.3, 0.4) is 0 Å². The number of hydrogen-bond acceptors (Lipinski definition) is 2. The Morgan fingerprint density at radius 1 is 1.29 bits per heavy atom. The Balaban J connectivity index is 2.88. The first-order valence-electron chi connectivity index (χ1n) is 4.67. The van der Waals surface area contributed by atoms with E-state index in [9.17, 15) is 0 Å². The lowest BCUT2D eigenvalue weighted by molar-refractivity contribution is 0.310. The molecule has 1 aromatic rings. The monoisotopic (exact) mass is 214 g/mol. The van der Waals surface area contributed by atoms with Crippen LogP contribution in [0.25, 0.3) is 0 Å². The molecule has 78 valence electrons. The number of ether oxygens (including phenoxy) is 2. The van der Waals surface area contributed by atoms with Gasteiger partial charge in [-0.1, -0.05) is 6.07 Å². The fourth-order valence-corrected chi connectivity index (χ4v) is 1.47. The van der Waals surface area contributed by atoms with Gasteiger partial charge in [0, 0.05) is 5.88 Å². The standard InChI is InChI=1S/C11H15ClO2/c1-3-14-11-8-9(6-7-12)4-5-10(11)13-2/h4-5,8H,3,6-7H2,1-2H3. The number of hydrogen-bond donors (Lipinski definition) is 0. The lowest BCUT2D eigenvalue weighted by Crippen LogP contribution is -1.97. The van der Waals surface area contributed by atoms with Crippen molar-refractivity contribution in [3.63, 3.8) is 0 Å². The van der Waals surface area contributed by atoms with E-state index in [-0.39, 0.29) is 0 Å². The minimum Gasteiger partial charge on any atom is -0.493 e. The van der Waals surface area contributed by atoms with Gasteiger partial charge in [-0.25, -0.2) is 0 Å². The first-order chi connectivity index (χ1) is 6.81. The fourth-order valence-electron chi connectivity index (χ4n) is 1.25. The van der Waals surface area contributed by atoms with Crippen molar-refractivity contribution >= 4 is 11.6 Å². The first kappa shape index (κ1) is 11.2. The van der Waals surface area contributed by atoms with E-state index in [1.54, 1.807) is 7.11 Å². The molecule has 14 heavy (non-hydrogen) atoms. The summed E-state index contributed by atoms with van der Waals surface area (Å²) in [5.41, 5.74) is 1.17. The highest BCUT2D eigenvalue weighted by molar-refractivity contribution is 6.17. The van der Waals surface area contributed by atoms with Crippen molar-refractivity contribution in [1.82, 2.24) is 0 Å². The minimum atomic E-state index is 0.623. The fraction of sp³-hybridized carbons (Fsp3) is 0.455. The maximum atomic E-state index is 5.67. The average molecular weight is 215 g/mol. The van der Waals surface area contributed by atoms with Gasteiger partial charge in [0.05, 0.1) is 13.7 Å². The Bertz CT molecular complexity index is 287. The molecule has 0 bridgehead atoms. The van der Waals surface area contributed by atoms with Crippen LogP contribution in [0.4, 0.5) is 0 Å². The molecular weight excluding hydrogens is 200 g/mol. The molecule has 0 amide bonds. The Kier molecular flexibility index (Phi) is 4.60. The topological polar surface area (TPSA) is 18.5 Å². The Hall–Kier alpha value is -0.890. The van der Waals surface area contributed by atoms with Crippen LogP contribution in [0.5, 0.6) is 11.5 Å². The second-order valence-electron chi connectivity index (χ2n) is 2.86. The van der Waals surface area contributed by atoms with Crippen molar-refractivity contribution in [2.24, 2.45) is 0 Å². The molecule has 0 N–H and O–H groups in total. The van der Waals surface area contributed by atoms with Gasteiger partial charge in [0.15, 0.2) is 11.5 Å². The molecule has 0 heterocycles. The van der Waals surface area contributed by atoms with Gasteiger partial charge in [0.25, 0.3) is 0 Å². The third kappa shape index (κ3) is 2.81. The SMILES string of the molecule is CCOc1cc(CCCl)ccc1OC. The Labute approximate surface area is 89.8 Å². The second-order valence-corrected chi connectivity index (χ2v) is 3.24. The average Bonchev–Trinajstić information content (AvgIpc) is 2.19. The highest BCUT2D eigenvalue weighted by Gasteiger charge is 2.04.